The third-order valence-electron chi connectivity index (χ3n) is 2.98. The van der Waals surface area contributed by atoms with Gasteiger partial charge in [-0.2, -0.15) is 13.2 Å². The zero-order chi connectivity index (χ0) is 11.0. The summed E-state index contributed by atoms with van der Waals surface area (Å²) in [6.07, 6.45) is 2.80. The van der Waals surface area contributed by atoms with Crippen LogP contribution >= 0.6 is 0 Å². The van der Waals surface area contributed by atoms with Gasteiger partial charge in [-0.25, -0.2) is 9.97 Å². The topological polar surface area (TPSA) is 25.8 Å². The Morgan fingerprint density at radius 1 is 1.07 bits per heavy atom. The zero-order valence-corrected chi connectivity index (χ0v) is 8.30. The van der Waals surface area contributed by atoms with E-state index in [1.54, 1.807) is 0 Å². The summed E-state index contributed by atoms with van der Waals surface area (Å²) in [6.45, 7) is 1.99. The smallest absolute Gasteiger partial charge is 0.201 e. The molecule has 0 amide bonds. The van der Waals surface area contributed by atoms with E-state index >= 15 is 0 Å². The van der Waals surface area contributed by atoms with E-state index in [-0.39, 0.29) is 11.7 Å². The molecule has 1 fully saturated rings. The highest BCUT2D eigenvalue weighted by Crippen LogP contribution is 2.37. The van der Waals surface area contributed by atoms with Crippen molar-refractivity contribution in [1.29, 1.82) is 0 Å². The molecule has 0 radical (unpaired) electrons. The van der Waals surface area contributed by atoms with Crippen molar-refractivity contribution in [3.63, 3.8) is 0 Å². The van der Waals surface area contributed by atoms with Crippen LogP contribution in [0.1, 0.15) is 37.9 Å². The predicted octanol–water partition coefficient (Wildman–Crippen LogP) is 2.80. The lowest BCUT2D eigenvalue weighted by molar-refractivity contribution is 0.385. The van der Waals surface area contributed by atoms with Crippen molar-refractivity contribution in [2.75, 3.05) is 0 Å². The fourth-order valence-electron chi connectivity index (χ4n) is 2.10. The minimum absolute atomic E-state index is 0.0467. The van der Waals surface area contributed by atoms with Gasteiger partial charge in [-0.3, -0.25) is 0 Å². The minimum atomic E-state index is -1.59. The molecule has 1 aromatic heterocycles. The van der Waals surface area contributed by atoms with Gasteiger partial charge in [-0.15, -0.1) is 0 Å². The standard InChI is InChI=1S/C10H11F3N2/c1-5-3-2-4-6(5)10-14-8(12)7(11)9(13)15-10/h5-6H,2-4H2,1H3. The first-order valence-corrected chi connectivity index (χ1v) is 4.98. The van der Waals surface area contributed by atoms with Crippen molar-refractivity contribution < 1.29 is 13.2 Å². The van der Waals surface area contributed by atoms with E-state index in [2.05, 4.69) is 9.97 Å². The van der Waals surface area contributed by atoms with Crippen molar-refractivity contribution in [3.05, 3.63) is 23.5 Å². The maximum absolute atomic E-state index is 12.9. The van der Waals surface area contributed by atoms with Gasteiger partial charge < -0.3 is 0 Å². The van der Waals surface area contributed by atoms with E-state index in [0.29, 0.717) is 5.92 Å². The molecule has 1 aliphatic carbocycles. The van der Waals surface area contributed by atoms with Crippen LogP contribution in [0.25, 0.3) is 0 Å². The average molecular weight is 216 g/mol. The Bertz CT molecular complexity index is 358. The summed E-state index contributed by atoms with van der Waals surface area (Å²) in [4.78, 5) is 6.75. The van der Waals surface area contributed by atoms with Gasteiger partial charge >= 0.3 is 0 Å². The molecule has 15 heavy (non-hydrogen) atoms. The van der Waals surface area contributed by atoms with Crippen LogP contribution in [-0.4, -0.2) is 9.97 Å². The molecule has 2 nitrogen and oxygen atoms in total. The normalized spacial score (nSPS) is 25.9. The Balaban J connectivity index is 2.36. The van der Waals surface area contributed by atoms with Crippen molar-refractivity contribution in [2.24, 2.45) is 5.92 Å². The SMILES string of the molecule is CC1CCCC1c1nc(F)c(F)c(F)n1. The summed E-state index contributed by atoms with van der Waals surface area (Å²) in [5.41, 5.74) is 0. The zero-order valence-electron chi connectivity index (χ0n) is 8.30. The third kappa shape index (κ3) is 1.82. The molecule has 1 aliphatic rings. The number of hydrogen-bond acceptors (Lipinski definition) is 2. The molecule has 0 saturated heterocycles. The van der Waals surface area contributed by atoms with E-state index in [9.17, 15) is 13.2 Å². The van der Waals surface area contributed by atoms with Crippen LogP contribution in [0.5, 0.6) is 0 Å². The lowest BCUT2D eigenvalue weighted by Gasteiger charge is -2.13. The Morgan fingerprint density at radius 3 is 2.13 bits per heavy atom. The molecular formula is C10H11F3N2. The van der Waals surface area contributed by atoms with Crippen LogP contribution in [0.4, 0.5) is 13.2 Å². The maximum Gasteiger partial charge on any atom is 0.255 e. The summed E-state index contributed by atoms with van der Waals surface area (Å²) in [6, 6.07) is 0. The van der Waals surface area contributed by atoms with Gasteiger partial charge in [-0.05, 0) is 18.8 Å². The average Bonchev–Trinajstić information content (AvgIpc) is 2.60. The summed E-state index contributed by atoms with van der Waals surface area (Å²) in [5, 5.41) is 0. The van der Waals surface area contributed by atoms with Crippen LogP contribution < -0.4 is 0 Å². The van der Waals surface area contributed by atoms with Crippen LogP contribution in [0.2, 0.25) is 0 Å². The van der Waals surface area contributed by atoms with Crippen molar-refractivity contribution in [2.45, 2.75) is 32.1 Å². The quantitative estimate of drug-likeness (QED) is 0.674. The molecule has 0 spiro atoms. The van der Waals surface area contributed by atoms with Crippen molar-refractivity contribution in [3.8, 4) is 0 Å². The first kappa shape index (κ1) is 10.4. The van der Waals surface area contributed by atoms with E-state index in [4.69, 9.17) is 0 Å². The molecule has 1 aromatic rings. The maximum atomic E-state index is 12.9. The molecule has 2 atom stereocenters. The highest BCUT2D eigenvalue weighted by Gasteiger charge is 2.29. The highest BCUT2D eigenvalue weighted by atomic mass is 19.2. The van der Waals surface area contributed by atoms with E-state index in [0.717, 1.165) is 19.3 Å². The molecule has 0 aliphatic heterocycles. The lowest BCUT2D eigenvalue weighted by atomic mass is 9.97. The second-order valence-electron chi connectivity index (χ2n) is 3.99. The second kappa shape index (κ2) is 3.79. The van der Waals surface area contributed by atoms with Crippen LogP contribution in [-0.2, 0) is 0 Å². The molecule has 2 rings (SSSR count). The molecule has 82 valence electrons. The first-order valence-electron chi connectivity index (χ1n) is 4.98. The number of aromatic nitrogens is 2. The van der Waals surface area contributed by atoms with Crippen molar-refractivity contribution in [1.82, 2.24) is 9.97 Å². The molecule has 0 N–H and O–H groups in total. The number of rotatable bonds is 1. The Hall–Kier alpha value is -1.13. The Kier molecular flexibility index (Phi) is 2.63. The van der Waals surface area contributed by atoms with Crippen molar-refractivity contribution >= 4 is 0 Å². The fraction of sp³-hybridized carbons (Fsp3) is 0.600. The molecule has 0 bridgehead atoms. The molecule has 0 aromatic carbocycles. The fourth-order valence-corrected chi connectivity index (χ4v) is 2.10. The number of hydrogen-bond donors (Lipinski definition) is 0. The van der Waals surface area contributed by atoms with E-state index in [1.165, 1.54) is 0 Å². The molecule has 1 heterocycles. The second-order valence-corrected chi connectivity index (χ2v) is 3.99. The van der Waals surface area contributed by atoms with Gasteiger partial charge in [0.2, 0.25) is 5.82 Å². The van der Waals surface area contributed by atoms with Gasteiger partial charge in [-0.1, -0.05) is 13.3 Å². The van der Waals surface area contributed by atoms with E-state index in [1.807, 2.05) is 6.92 Å². The van der Waals surface area contributed by atoms with Gasteiger partial charge in [0, 0.05) is 5.92 Å². The summed E-state index contributed by atoms with van der Waals surface area (Å²) >= 11 is 0. The molecule has 2 unspecified atom stereocenters. The van der Waals surface area contributed by atoms with Gasteiger partial charge in [0.1, 0.15) is 5.82 Å². The molecular weight excluding hydrogens is 205 g/mol. The van der Waals surface area contributed by atoms with Crippen LogP contribution in [0.15, 0.2) is 0 Å². The summed E-state index contributed by atoms with van der Waals surface area (Å²) in [7, 11) is 0. The minimum Gasteiger partial charge on any atom is -0.201 e. The number of halogens is 3. The Labute approximate surface area is 85.6 Å². The van der Waals surface area contributed by atoms with Gasteiger partial charge in [0.05, 0.1) is 0 Å². The monoisotopic (exact) mass is 216 g/mol. The Morgan fingerprint density at radius 2 is 1.67 bits per heavy atom. The largest absolute Gasteiger partial charge is 0.255 e. The third-order valence-corrected chi connectivity index (χ3v) is 2.98. The number of nitrogens with zero attached hydrogens (tertiary/aromatic N) is 2. The van der Waals surface area contributed by atoms with Crippen LogP contribution in [0, 0.1) is 23.6 Å². The predicted molar refractivity (Wildman–Crippen MR) is 47.7 cm³/mol. The van der Waals surface area contributed by atoms with Crippen LogP contribution in [0.3, 0.4) is 0 Å². The first-order chi connectivity index (χ1) is 7.09. The van der Waals surface area contributed by atoms with Gasteiger partial charge in [0.15, 0.2) is 0 Å². The summed E-state index contributed by atoms with van der Waals surface area (Å²) < 4.78 is 38.3. The summed E-state index contributed by atoms with van der Waals surface area (Å²) in [5.74, 6) is -4.03. The lowest BCUT2D eigenvalue weighted by Crippen LogP contribution is -2.11. The molecule has 1 saturated carbocycles. The molecule has 5 heteroatoms. The van der Waals surface area contributed by atoms with E-state index < -0.39 is 17.7 Å². The van der Waals surface area contributed by atoms with Gasteiger partial charge in [0.25, 0.3) is 11.9 Å². The highest BCUT2D eigenvalue weighted by molar-refractivity contribution is 5.04.